The Bertz CT molecular complexity index is 1200. The summed E-state index contributed by atoms with van der Waals surface area (Å²) in [5, 5.41) is 10.7. The lowest BCUT2D eigenvalue weighted by Gasteiger charge is -2.09. The predicted octanol–water partition coefficient (Wildman–Crippen LogP) is 5.81. The predicted molar refractivity (Wildman–Crippen MR) is 148 cm³/mol. The SMILES string of the molecule is COc1c(I)cc(C2=NC(=O)c3c(-c4cc(I)c(OC)c(I)c4)[nH]c(O)c32)cc1I. The Labute approximate surface area is 226 Å². The Hall–Kier alpha value is -0.620. The van der Waals surface area contributed by atoms with Crippen LogP contribution in [-0.2, 0) is 0 Å². The maximum atomic E-state index is 12.9. The number of nitrogens with zero attached hydrogens (tertiary/aromatic N) is 1. The number of amides is 1. The number of rotatable bonds is 4. The fourth-order valence-electron chi connectivity index (χ4n) is 3.36. The molecule has 0 saturated heterocycles. The molecule has 0 atom stereocenters. The van der Waals surface area contributed by atoms with Crippen LogP contribution in [0.15, 0.2) is 29.3 Å². The molecule has 2 N–H and O–H groups in total. The minimum atomic E-state index is -0.381. The second-order valence-electron chi connectivity index (χ2n) is 6.31. The number of carbonyl (C=O) groups is 1. The van der Waals surface area contributed by atoms with Crippen LogP contribution in [0.1, 0.15) is 21.5 Å². The minimum absolute atomic E-state index is 0.0775. The molecule has 2 aromatic carbocycles. The van der Waals surface area contributed by atoms with Gasteiger partial charge in [0.15, 0.2) is 5.88 Å². The van der Waals surface area contributed by atoms with Gasteiger partial charge in [0.05, 0.1) is 51.0 Å². The van der Waals surface area contributed by atoms with Crippen LogP contribution in [0.5, 0.6) is 17.4 Å². The molecule has 1 aliphatic rings. The van der Waals surface area contributed by atoms with Gasteiger partial charge in [0.25, 0.3) is 5.91 Å². The highest BCUT2D eigenvalue weighted by atomic mass is 127. The van der Waals surface area contributed by atoms with Gasteiger partial charge in [-0.3, -0.25) is 4.79 Å². The molecule has 0 unspecified atom stereocenters. The van der Waals surface area contributed by atoms with Crippen molar-refractivity contribution in [3.8, 4) is 28.6 Å². The van der Waals surface area contributed by atoms with Gasteiger partial charge in [-0.2, -0.15) is 0 Å². The number of H-pyrrole nitrogens is 1. The molecule has 0 spiro atoms. The van der Waals surface area contributed by atoms with Crippen molar-refractivity contribution >= 4 is 102 Å². The molecule has 1 amide bonds. The summed E-state index contributed by atoms with van der Waals surface area (Å²) in [6.07, 6.45) is 0. The summed E-state index contributed by atoms with van der Waals surface area (Å²) in [7, 11) is 3.24. The number of methoxy groups -OCH3 is 2. The Morgan fingerprint density at radius 2 is 1.30 bits per heavy atom. The fraction of sp³-hybridized carbons (Fsp3) is 0.100. The number of hydrogen-bond acceptors (Lipinski definition) is 4. The Balaban J connectivity index is 1.88. The summed E-state index contributed by atoms with van der Waals surface area (Å²) >= 11 is 8.76. The first-order chi connectivity index (χ1) is 14.3. The van der Waals surface area contributed by atoms with Gasteiger partial charge in [-0.05, 0) is 115 Å². The number of ether oxygens (including phenoxy) is 2. The van der Waals surface area contributed by atoms with Gasteiger partial charge in [0.2, 0.25) is 0 Å². The van der Waals surface area contributed by atoms with Gasteiger partial charge in [0, 0.05) is 11.1 Å². The van der Waals surface area contributed by atoms with Crippen molar-refractivity contribution < 1.29 is 19.4 Å². The molecule has 154 valence electrons. The maximum absolute atomic E-state index is 12.9. The third-order valence-electron chi connectivity index (χ3n) is 4.61. The average molecular weight is 852 g/mol. The second kappa shape index (κ2) is 8.73. The number of halogens is 4. The normalized spacial score (nSPS) is 12.7. The molecule has 2 heterocycles. The molecule has 1 aromatic heterocycles. The average Bonchev–Trinajstić information content (AvgIpc) is 3.20. The first-order valence-electron chi connectivity index (χ1n) is 8.42. The monoisotopic (exact) mass is 852 g/mol. The zero-order valence-corrected chi connectivity index (χ0v) is 24.1. The lowest BCUT2D eigenvalue weighted by molar-refractivity contribution is 0.101. The molecular weight excluding hydrogens is 840 g/mol. The quantitative estimate of drug-likeness (QED) is 0.325. The molecule has 0 radical (unpaired) electrons. The van der Waals surface area contributed by atoms with Gasteiger partial charge in [0.1, 0.15) is 11.5 Å². The summed E-state index contributed by atoms with van der Waals surface area (Å²) in [5.74, 6) is 1.09. The zero-order valence-electron chi connectivity index (χ0n) is 15.4. The number of aliphatic imine (C=N–C) groups is 1. The van der Waals surface area contributed by atoms with Crippen molar-refractivity contribution in [1.29, 1.82) is 0 Å². The molecule has 10 heteroatoms. The van der Waals surface area contributed by atoms with Crippen molar-refractivity contribution in [2.45, 2.75) is 0 Å². The number of benzene rings is 2. The number of fused-ring (bicyclic) bond motifs is 1. The molecule has 30 heavy (non-hydrogen) atoms. The standard InChI is InChI=1S/C20H12I4N2O4/c1-29-17-9(21)3-7(4-10(17)22)15-13-14(20(28)25-15)16(26-19(13)27)8-5-11(23)18(30-2)12(24)6-8/h3-6,25,28H,1-2H3. The van der Waals surface area contributed by atoms with E-state index in [0.717, 1.165) is 36.9 Å². The molecule has 4 rings (SSSR count). The summed E-state index contributed by atoms with van der Waals surface area (Å²) in [6, 6.07) is 7.62. The molecule has 0 aliphatic carbocycles. The first kappa shape index (κ1) is 22.6. The summed E-state index contributed by atoms with van der Waals surface area (Å²) in [4.78, 5) is 20.1. The van der Waals surface area contributed by atoms with E-state index in [2.05, 4.69) is 100 Å². The third-order valence-corrected chi connectivity index (χ3v) is 7.82. The topological polar surface area (TPSA) is 83.9 Å². The Kier molecular flexibility index (Phi) is 6.56. The highest BCUT2D eigenvalue weighted by Gasteiger charge is 2.34. The minimum Gasteiger partial charge on any atom is -0.495 e. The van der Waals surface area contributed by atoms with Crippen LogP contribution >= 0.6 is 90.4 Å². The molecule has 1 aliphatic heterocycles. The zero-order chi connectivity index (χ0) is 21.7. The number of aromatic amines is 1. The molecule has 0 bridgehead atoms. The number of nitrogens with one attached hydrogen (secondary N) is 1. The number of hydrogen-bond donors (Lipinski definition) is 2. The van der Waals surface area contributed by atoms with Crippen molar-refractivity contribution in [1.82, 2.24) is 4.98 Å². The lowest BCUT2D eigenvalue weighted by atomic mass is 10.00. The smallest absolute Gasteiger partial charge is 0.280 e. The second-order valence-corrected chi connectivity index (χ2v) is 11.0. The van der Waals surface area contributed by atoms with Gasteiger partial charge in [-0.15, -0.1) is 0 Å². The third kappa shape index (κ3) is 3.74. The molecule has 6 nitrogen and oxygen atoms in total. The molecule has 3 aromatic rings. The van der Waals surface area contributed by atoms with Gasteiger partial charge < -0.3 is 19.6 Å². The van der Waals surface area contributed by atoms with Crippen molar-refractivity contribution in [2.75, 3.05) is 14.2 Å². The van der Waals surface area contributed by atoms with Crippen LogP contribution in [0.2, 0.25) is 0 Å². The van der Waals surface area contributed by atoms with E-state index in [-0.39, 0.29) is 11.8 Å². The Morgan fingerprint density at radius 1 is 0.833 bits per heavy atom. The van der Waals surface area contributed by atoms with Crippen LogP contribution in [0.3, 0.4) is 0 Å². The van der Waals surface area contributed by atoms with E-state index in [0.29, 0.717) is 22.5 Å². The van der Waals surface area contributed by atoms with Gasteiger partial charge >= 0.3 is 0 Å². The van der Waals surface area contributed by atoms with E-state index in [9.17, 15) is 9.90 Å². The highest BCUT2D eigenvalue weighted by Crippen LogP contribution is 2.41. The number of aromatic hydroxyl groups is 1. The van der Waals surface area contributed by atoms with Crippen LogP contribution in [0.25, 0.3) is 11.3 Å². The van der Waals surface area contributed by atoms with Crippen LogP contribution in [0, 0.1) is 14.3 Å². The van der Waals surface area contributed by atoms with E-state index in [1.807, 2.05) is 24.3 Å². The van der Waals surface area contributed by atoms with Crippen LogP contribution in [0.4, 0.5) is 0 Å². The fourth-order valence-corrected chi connectivity index (χ4v) is 7.78. The number of carbonyl (C=O) groups excluding carboxylic acids is 1. The maximum Gasteiger partial charge on any atom is 0.280 e. The summed E-state index contributed by atoms with van der Waals surface area (Å²) in [6.45, 7) is 0. The van der Waals surface area contributed by atoms with E-state index in [1.54, 1.807) is 14.2 Å². The van der Waals surface area contributed by atoms with Crippen LogP contribution < -0.4 is 9.47 Å². The van der Waals surface area contributed by atoms with Crippen molar-refractivity contribution in [2.24, 2.45) is 4.99 Å². The molecule has 0 fully saturated rings. The summed E-state index contributed by atoms with van der Waals surface area (Å²) in [5.41, 5.74) is 3.32. The van der Waals surface area contributed by atoms with Crippen LogP contribution in [-0.4, -0.2) is 35.9 Å². The van der Waals surface area contributed by atoms with E-state index < -0.39 is 0 Å². The summed E-state index contributed by atoms with van der Waals surface area (Å²) < 4.78 is 14.5. The van der Waals surface area contributed by atoms with Crippen molar-refractivity contribution in [3.63, 3.8) is 0 Å². The van der Waals surface area contributed by atoms with Crippen molar-refractivity contribution in [3.05, 3.63) is 55.2 Å². The van der Waals surface area contributed by atoms with E-state index in [4.69, 9.17) is 9.47 Å². The molecule has 0 saturated carbocycles. The highest BCUT2D eigenvalue weighted by molar-refractivity contribution is 14.1. The Morgan fingerprint density at radius 3 is 1.77 bits per heavy atom. The van der Waals surface area contributed by atoms with E-state index in [1.165, 1.54) is 0 Å². The van der Waals surface area contributed by atoms with Gasteiger partial charge in [-0.25, -0.2) is 4.99 Å². The number of aromatic nitrogens is 1. The van der Waals surface area contributed by atoms with Gasteiger partial charge in [-0.1, -0.05) is 0 Å². The van der Waals surface area contributed by atoms with E-state index >= 15 is 0 Å². The largest absolute Gasteiger partial charge is 0.495 e. The molecular formula is C20H12I4N2O4. The lowest BCUT2D eigenvalue weighted by Crippen LogP contribution is -2.03. The first-order valence-corrected chi connectivity index (χ1v) is 12.7.